The molecule has 6 nitrogen and oxygen atoms in total. The fourth-order valence-electron chi connectivity index (χ4n) is 3.69. The second-order valence-corrected chi connectivity index (χ2v) is 9.01. The standard InChI is InChI=1S/C18H17ClN2O4S/c1-25-15-7-3-6-14(9-15)21-17-11-26(23,24)10-16(17)20(18(21)22)13-5-2-4-12(19)8-13/h2-9,16-17H,10-11H2,1H3/t16-,17-/m1/s1. The van der Waals surface area contributed by atoms with E-state index < -0.39 is 21.9 Å². The number of hydrogen-bond donors (Lipinski definition) is 0. The van der Waals surface area contributed by atoms with Crippen molar-refractivity contribution in [3.8, 4) is 5.75 Å². The predicted octanol–water partition coefficient (Wildman–Crippen LogP) is 2.96. The summed E-state index contributed by atoms with van der Waals surface area (Å²) in [5.74, 6) is 0.488. The number of ether oxygens (including phenoxy) is 1. The van der Waals surface area contributed by atoms with Crippen LogP contribution in [-0.2, 0) is 9.84 Å². The molecular formula is C18H17ClN2O4S. The number of rotatable bonds is 3. The summed E-state index contributed by atoms with van der Waals surface area (Å²) in [6.07, 6.45) is 0. The number of benzene rings is 2. The highest BCUT2D eigenvalue weighted by molar-refractivity contribution is 7.91. The quantitative estimate of drug-likeness (QED) is 0.753. The average Bonchev–Trinajstić information content (AvgIpc) is 3.03. The lowest BCUT2D eigenvalue weighted by Gasteiger charge is -2.23. The number of amides is 2. The Morgan fingerprint density at radius 3 is 2.15 bits per heavy atom. The van der Waals surface area contributed by atoms with Crippen LogP contribution in [0.25, 0.3) is 0 Å². The molecule has 8 heteroatoms. The Morgan fingerprint density at radius 1 is 1.00 bits per heavy atom. The van der Waals surface area contributed by atoms with Gasteiger partial charge in [-0.3, -0.25) is 9.80 Å². The van der Waals surface area contributed by atoms with Crippen LogP contribution in [0, 0.1) is 0 Å². The molecule has 2 fully saturated rings. The summed E-state index contributed by atoms with van der Waals surface area (Å²) in [5, 5.41) is 0.493. The van der Waals surface area contributed by atoms with Crippen LogP contribution >= 0.6 is 11.6 Å². The van der Waals surface area contributed by atoms with Crippen LogP contribution < -0.4 is 14.5 Å². The molecule has 4 rings (SSSR count). The highest BCUT2D eigenvalue weighted by Crippen LogP contribution is 2.39. The highest BCUT2D eigenvalue weighted by atomic mass is 35.5. The molecule has 26 heavy (non-hydrogen) atoms. The van der Waals surface area contributed by atoms with Crippen molar-refractivity contribution in [1.29, 1.82) is 0 Å². The molecule has 2 saturated heterocycles. The third kappa shape index (κ3) is 2.81. The SMILES string of the molecule is COc1cccc(N2C(=O)N(c3cccc(Cl)c3)[C@@H]3CS(=O)(=O)C[C@H]32)c1. The number of hydrogen-bond acceptors (Lipinski definition) is 4. The molecule has 136 valence electrons. The van der Waals surface area contributed by atoms with Crippen LogP contribution in [0.2, 0.25) is 5.02 Å². The number of urea groups is 1. The number of carbonyl (C=O) groups excluding carboxylic acids is 1. The second-order valence-electron chi connectivity index (χ2n) is 6.42. The molecule has 2 aliphatic heterocycles. The minimum absolute atomic E-state index is 0.0579. The molecular weight excluding hydrogens is 376 g/mol. The van der Waals surface area contributed by atoms with Gasteiger partial charge in [0.2, 0.25) is 0 Å². The summed E-state index contributed by atoms with van der Waals surface area (Å²) >= 11 is 6.08. The van der Waals surface area contributed by atoms with Gasteiger partial charge in [0, 0.05) is 22.5 Å². The molecule has 0 radical (unpaired) electrons. The lowest BCUT2D eigenvalue weighted by atomic mass is 10.1. The maximum absolute atomic E-state index is 13.2. The summed E-state index contributed by atoms with van der Waals surface area (Å²) in [4.78, 5) is 16.3. The number of sulfone groups is 1. The first-order chi connectivity index (χ1) is 12.4. The first-order valence-electron chi connectivity index (χ1n) is 8.12. The molecule has 0 aromatic heterocycles. The third-order valence-corrected chi connectivity index (χ3v) is 6.72. The van der Waals surface area contributed by atoms with Gasteiger partial charge in [0.25, 0.3) is 0 Å². The van der Waals surface area contributed by atoms with E-state index in [-0.39, 0.29) is 17.5 Å². The van der Waals surface area contributed by atoms with Crippen LogP contribution in [-0.4, -0.2) is 45.1 Å². The first-order valence-corrected chi connectivity index (χ1v) is 10.3. The lowest BCUT2D eigenvalue weighted by molar-refractivity contribution is 0.255. The largest absolute Gasteiger partial charge is 0.497 e. The Kier molecular flexibility index (Phi) is 4.08. The summed E-state index contributed by atoms with van der Waals surface area (Å²) in [7, 11) is -1.69. The molecule has 0 N–H and O–H groups in total. The number of methoxy groups -OCH3 is 1. The molecule has 0 saturated carbocycles. The van der Waals surface area contributed by atoms with E-state index in [1.54, 1.807) is 65.4 Å². The van der Waals surface area contributed by atoms with E-state index in [2.05, 4.69) is 0 Å². The van der Waals surface area contributed by atoms with Crippen molar-refractivity contribution >= 4 is 38.8 Å². The van der Waals surface area contributed by atoms with Crippen LogP contribution in [0.3, 0.4) is 0 Å². The van der Waals surface area contributed by atoms with Crippen molar-refractivity contribution in [2.75, 3.05) is 28.4 Å². The van der Waals surface area contributed by atoms with E-state index in [4.69, 9.17) is 16.3 Å². The summed E-state index contributed by atoms with van der Waals surface area (Å²) < 4.78 is 29.8. The van der Waals surface area contributed by atoms with E-state index in [0.29, 0.717) is 22.1 Å². The van der Waals surface area contributed by atoms with E-state index >= 15 is 0 Å². The third-order valence-electron chi connectivity index (χ3n) is 4.79. The van der Waals surface area contributed by atoms with Gasteiger partial charge in [0.15, 0.2) is 9.84 Å². The van der Waals surface area contributed by atoms with Crippen molar-refractivity contribution in [1.82, 2.24) is 0 Å². The Morgan fingerprint density at radius 2 is 1.58 bits per heavy atom. The lowest BCUT2D eigenvalue weighted by Crippen LogP contribution is -2.37. The Bertz CT molecular complexity index is 979. The molecule has 2 aromatic carbocycles. The number of carbonyl (C=O) groups is 1. The van der Waals surface area contributed by atoms with Crippen molar-refractivity contribution in [2.24, 2.45) is 0 Å². The Hall–Kier alpha value is -2.25. The van der Waals surface area contributed by atoms with Gasteiger partial charge in [-0.2, -0.15) is 0 Å². The van der Waals surface area contributed by atoms with E-state index in [9.17, 15) is 13.2 Å². The van der Waals surface area contributed by atoms with Crippen LogP contribution in [0.1, 0.15) is 0 Å². The molecule has 2 atom stereocenters. The molecule has 2 aliphatic rings. The van der Waals surface area contributed by atoms with Crippen LogP contribution in [0.4, 0.5) is 16.2 Å². The summed E-state index contributed by atoms with van der Waals surface area (Å²) in [6.45, 7) is 0. The zero-order chi connectivity index (χ0) is 18.5. The minimum atomic E-state index is -3.24. The normalized spacial score (nSPS) is 24.0. The molecule has 0 aliphatic carbocycles. The molecule has 0 spiro atoms. The van der Waals surface area contributed by atoms with Gasteiger partial charge in [-0.15, -0.1) is 0 Å². The van der Waals surface area contributed by atoms with Gasteiger partial charge in [0.05, 0.1) is 30.7 Å². The topological polar surface area (TPSA) is 66.9 Å². The van der Waals surface area contributed by atoms with E-state index in [1.165, 1.54) is 0 Å². The van der Waals surface area contributed by atoms with Crippen molar-refractivity contribution in [3.05, 3.63) is 53.6 Å². The van der Waals surface area contributed by atoms with Gasteiger partial charge in [-0.25, -0.2) is 13.2 Å². The Labute approximate surface area is 156 Å². The highest BCUT2D eigenvalue weighted by Gasteiger charge is 2.54. The maximum Gasteiger partial charge on any atom is 0.329 e. The summed E-state index contributed by atoms with van der Waals surface area (Å²) in [5.41, 5.74) is 1.21. The van der Waals surface area contributed by atoms with Crippen LogP contribution in [0.5, 0.6) is 5.75 Å². The Balaban J connectivity index is 1.81. The second kappa shape index (κ2) is 6.17. The number of halogens is 1. The molecule has 0 unspecified atom stereocenters. The predicted molar refractivity (Wildman–Crippen MR) is 101 cm³/mol. The van der Waals surface area contributed by atoms with Crippen LogP contribution in [0.15, 0.2) is 48.5 Å². The minimum Gasteiger partial charge on any atom is -0.497 e. The zero-order valence-electron chi connectivity index (χ0n) is 14.0. The van der Waals surface area contributed by atoms with Gasteiger partial charge in [-0.1, -0.05) is 23.7 Å². The fraction of sp³-hybridized carbons (Fsp3) is 0.278. The summed E-state index contributed by atoms with van der Waals surface area (Å²) in [6, 6.07) is 12.8. The van der Waals surface area contributed by atoms with Gasteiger partial charge >= 0.3 is 6.03 Å². The van der Waals surface area contributed by atoms with E-state index in [1.807, 2.05) is 0 Å². The smallest absolute Gasteiger partial charge is 0.329 e. The van der Waals surface area contributed by atoms with E-state index in [0.717, 1.165) is 0 Å². The molecule has 2 aromatic rings. The van der Waals surface area contributed by atoms with Gasteiger partial charge in [-0.05, 0) is 30.3 Å². The number of nitrogens with zero attached hydrogens (tertiary/aromatic N) is 2. The number of anilines is 2. The average molecular weight is 393 g/mol. The van der Waals surface area contributed by atoms with Crippen molar-refractivity contribution < 1.29 is 17.9 Å². The van der Waals surface area contributed by atoms with Crippen molar-refractivity contribution in [3.63, 3.8) is 0 Å². The molecule has 2 heterocycles. The van der Waals surface area contributed by atoms with Gasteiger partial charge in [0.1, 0.15) is 5.75 Å². The number of fused-ring (bicyclic) bond motifs is 1. The van der Waals surface area contributed by atoms with Crippen molar-refractivity contribution in [2.45, 2.75) is 12.1 Å². The first kappa shape index (κ1) is 17.2. The zero-order valence-corrected chi connectivity index (χ0v) is 15.6. The maximum atomic E-state index is 13.2. The monoisotopic (exact) mass is 392 g/mol. The molecule has 0 bridgehead atoms. The van der Waals surface area contributed by atoms with Gasteiger partial charge < -0.3 is 4.74 Å². The fourth-order valence-corrected chi connectivity index (χ4v) is 5.80. The molecule has 2 amide bonds.